The molecule has 1 aromatic rings. The minimum Gasteiger partial charge on any atom is -0.406 e. The summed E-state index contributed by atoms with van der Waals surface area (Å²) in [7, 11) is 0. The Morgan fingerprint density at radius 2 is 1.93 bits per heavy atom. The van der Waals surface area contributed by atoms with E-state index in [4.69, 9.17) is 0 Å². The van der Waals surface area contributed by atoms with E-state index in [2.05, 4.69) is 9.64 Å². The van der Waals surface area contributed by atoms with Gasteiger partial charge in [-0.1, -0.05) is 12.1 Å². The highest BCUT2D eigenvalue weighted by Gasteiger charge is 2.55. The fourth-order valence-corrected chi connectivity index (χ4v) is 4.85. The summed E-state index contributed by atoms with van der Waals surface area (Å²) in [5.74, 6) is -0.296. The van der Waals surface area contributed by atoms with Gasteiger partial charge in [-0.3, -0.25) is 14.6 Å². The average Bonchev–Trinajstić information content (AvgIpc) is 3.11. The zero-order valence-corrected chi connectivity index (χ0v) is 16.2. The molecule has 3 saturated heterocycles. The maximum atomic E-state index is 12.5. The number of carbonyl (C=O) groups is 2. The zero-order chi connectivity index (χ0) is 20.8. The number of alkyl halides is 3. The number of fused-ring (bicyclic) bond motifs is 1. The number of hydrogen-bond donors (Lipinski definition) is 0. The lowest BCUT2D eigenvalue weighted by atomic mass is 9.76. The minimum absolute atomic E-state index is 0.0342. The number of ether oxygens (including phenoxy) is 1. The van der Waals surface area contributed by atoms with Crippen LogP contribution in [0.1, 0.15) is 31.7 Å². The van der Waals surface area contributed by atoms with Gasteiger partial charge in [0.15, 0.2) is 0 Å². The summed E-state index contributed by atoms with van der Waals surface area (Å²) in [4.78, 5) is 30.1. The number of halogens is 3. The van der Waals surface area contributed by atoms with E-state index in [1.54, 1.807) is 24.0 Å². The van der Waals surface area contributed by atoms with Gasteiger partial charge in [0, 0.05) is 19.6 Å². The number of nitrogens with zero attached hydrogens (tertiary/aromatic N) is 3. The van der Waals surface area contributed by atoms with Crippen molar-refractivity contribution < 1.29 is 27.5 Å². The second kappa shape index (κ2) is 7.19. The number of carbonyl (C=O) groups excluding carboxylic acids is 2. The van der Waals surface area contributed by atoms with Gasteiger partial charge >= 0.3 is 12.4 Å². The Morgan fingerprint density at radius 1 is 1.21 bits per heavy atom. The summed E-state index contributed by atoms with van der Waals surface area (Å²) in [6.45, 7) is 4.93. The summed E-state index contributed by atoms with van der Waals surface area (Å²) in [5, 5.41) is 0. The van der Waals surface area contributed by atoms with Crippen LogP contribution in [0.15, 0.2) is 24.3 Å². The predicted octanol–water partition coefficient (Wildman–Crippen LogP) is 3.22. The maximum Gasteiger partial charge on any atom is 0.573 e. The molecular formula is C20H24F3N3O3. The molecular weight excluding hydrogens is 387 g/mol. The van der Waals surface area contributed by atoms with E-state index >= 15 is 0 Å². The second-order valence-corrected chi connectivity index (χ2v) is 8.18. The van der Waals surface area contributed by atoms with Crippen LogP contribution >= 0.6 is 0 Å². The van der Waals surface area contributed by atoms with Crippen molar-refractivity contribution in [1.29, 1.82) is 0 Å². The van der Waals surface area contributed by atoms with Gasteiger partial charge in [-0.15, -0.1) is 13.2 Å². The Morgan fingerprint density at radius 3 is 2.55 bits per heavy atom. The van der Waals surface area contributed by atoms with Crippen molar-refractivity contribution in [3.05, 3.63) is 29.8 Å². The molecule has 29 heavy (non-hydrogen) atoms. The number of urea groups is 1. The smallest absolute Gasteiger partial charge is 0.406 e. The average molecular weight is 411 g/mol. The lowest BCUT2D eigenvalue weighted by Gasteiger charge is -2.39. The minimum atomic E-state index is -4.70. The fourth-order valence-electron chi connectivity index (χ4n) is 4.85. The van der Waals surface area contributed by atoms with Crippen LogP contribution in [0.25, 0.3) is 0 Å². The molecule has 3 aliphatic heterocycles. The SMILES string of the molecule is CCN1C(=O)C2CC3(CCN(Cc4cccc(OC(F)(F)F)c4)CC3)CN2C1=O. The molecule has 1 aromatic carbocycles. The summed E-state index contributed by atoms with van der Waals surface area (Å²) in [5.41, 5.74) is 0.729. The van der Waals surface area contributed by atoms with E-state index in [9.17, 15) is 22.8 Å². The molecule has 0 N–H and O–H groups in total. The number of piperidine rings is 1. The molecule has 0 radical (unpaired) electrons. The molecule has 0 saturated carbocycles. The molecule has 0 bridgehead atoms. The van der Waals surface area contributed by atoms with Gasteiger partial charge in [0.05, 0.1) is 0 Å². The van der Waals surface area contributed by atoms with Crippen molar-refractivity contribution >= 4 is 11.9 Å². The van der Waals surface area contributed by atoms with E-state index in [0.29, 0.717) is 26.1 Å². The Bertz CT molecular complexity index is 780. The molecule has 3 fully saturated rings. The summed E-state index contributed by atoms with van der Waals surface area (Å²) >= 11 is 0. The molecule has 0 aliphatic carbocycles. The molecule has 1 unspecified atom stereocenters. The molecule has 158 valence electrons. The van der Waals surface area contributed by atoms with Gasteiger partial charge in [-0.05, 0) is 62.4 Å². The van der Waals surface area contributed by atoms with Crippen molar-refractivity contribution in [2.45, 2.75) is 45.1 Å². The predicted molar refractivity (Wildman–Crippen MR) is 98.0 cm³/mol. The van der Waals surface area contributed by atoms with Crippen LogP contribution in [-0.2, 0) is 11.3 Å². The third-order valence-corrected chi connectivity index (χ3v) is 6.31. The van der Waals surface area contributed by atoms with Crippen LogP contribution < -0.4 is 4.74 Å². The standard InChI is InChI=1S/C20H24F3N3O3/c1-2-25-17(27)16-11-19(13-26(16)18(25)28)6-8-24(9-7-19)12-14-4-3-5-15(10-14)29-20(21,22)23/h3-5,10,16H,2,6-9,11-13H2,1H3. The molecule has 3 amide bonds. The Labute approximate surface area is 167 Å². The van der Waals surface area contributed by atoms with Gasteiger partial charge in [0.1, 0.15) is 11.8 Å². The van der Waals surface area contributed by atoms with Crippen LogP contribution in [0.3, 0.4) is 0 Å². The van der Waals surface area contributed by atoms with Gasteiger partial charge in [0.25, 0.3) is 5.91 Å². The number of imide groups is 1. The molecule has 3 heterocycles. The Balaban J connectivity index is 1.35. The largest absolute Gasteiger partial charge is 0.573 e. The Hall–Kier alpha value is -2.29. The van der Waals surface area contributed by atoms with Crippen molar-refractivity contribution in [1.82, 2.24) is 14.7 Å². The van der Waals surface area contributed by atoms with E-state index in [1.807, 2.05) is 0 Å². The topological polar surface area (TPSA) is 53.1 Å². The van der Waals surface area contributed by atoms with E-state index < -0.39 is 6.36 Å². The molecule has 1 atom stereocenters. The number of likely N-dealkylation sites (N-methyl/N-ethyl adjacent to an activating group) is 1. The number of hydrogen-bond acceptors (Lipinski definition) is 4. The van der Waals surface area contributed by atoms with Crippen molar-refractivity contribution in [2.75, 3.05) is 26.2 Å². The van der Waals surface area contributed by atoms with Gasteiger partial charge < -0.3 is 9.64 Å². The second-order valence-electron chi connectivity index (χ2n) is 8.18. The third-order valence-electron chi connectivity index (χ3n) is 6.31. The number of rotatable bonds is 4. The molecule has 6 nitrogen and oxygen atoms in total. The van der Waals surface area contributed by atoms with Crippen LogP contribution in [-0.4, -0.2) is 65.2 Å². The van der Waals surface area contributed by atoms with Crippen LogP contribution in [0.5, 0.6) is 5.75 Å². The zero-order valence-electron chi connectivity index (χ0n) is 16.2. The maximum absolute atomic E-state index is 12.5. The highest BCUT2D eigenvalue weighted by atomic mass is 19.4. The molecule has 0 aromatic heterocycles. The first kappa shape index (κ1) is 20.0. The lowest BCUT2D eigenvalue weighted by molar-refractivity contribution is -0.274. The third kappa shape index (κ3) is 3.92. The number of amides is 3. The summed E-state index contributed by atoms with van der Waals surface area (Å²) in [6.07, 6.45) is -2.26. The summed E-state index contributed by atoms with van der Waals surface area (Å²) < 4.78 is 41.2. The van der Waals surface area contributed by atoms with Crippen LogP contribution in [0.2, 0.25) is 0 Å². The van der Waals surface area contributed by atoms with Crippen LogP contribution in [0, 0.1) is 5.41 Å². The first-order valence-electron chi connectivity index (χ1n) is 9.89. The highest BCUT2D eigenvalue weighted by molar-refractivity contribution is 6.04. The monoisotopic (exact) mass is 411 g/mol. The first-order chi connectivity index (χ1) is 13.7. The van der Waals surface area contributed by atoms with E-state index in [1.165, 1.54) is 17.0 Å². The molecule has 4 rings (SSSR count). The number of benzene rings is 1. The Kier molecular flexibility index (Phi) is 4.96. The molecule has 1 spiro atoms. The molecule has 3 aliphatic rings. The van der Waals surface area contributed by atoms with Crippen molar-refractivity contribution in [3.63, 3.8) is 0 Å². The quantitative estimate of drug-likeness (QED) is 0.714. The fraction of sp³-hybridized carbons (Fsp3) is 0.600. The van der Waals surface area contributed by atoms with Crippen molar-refractivity contribution in [2.24, 2.45) is 5.41 Å². The molecule has 9 heteroatoms. The lowest BCUT2D eigenvalue weighted by Crippen LogP contribution is -2.43. The van der Waals surface area contributed by atoms with Gasteiger partial charge in [-0.2, -0.15) is 0 Å². The normalized spacial score (nSPS) is 24.5. The van der Waals surface area contributed by atoms with E-state index in [-0.39, 0.29) is 29.1 Å². The number of likely N-dealkylation sites (tertiary alicyclic amines) is 1. The van der Waals surface area contributed by atoms with Gasteiger partial charge in [-0.25, -0.2) is 4.79 Å². The van der Waals surface area contributed by atoms with Crippen molar-refractivity contribution in [3.8, 4) is 5.75 Å². The summed E-state index contributed by atoms with van der Waals surface area (Å²) in [6, 6.07) is 5.55. The van der Waals surface area contributed by atoms with E-state index in [0.717, 1.165) is 31.5 Å². The highest BCUT2D eigenvalue weighted by Crippen LogP contribution is 2.46. The van der Waals surface area contributed by atoms with Gasteiger partial charge in [0.2, 0.25) is 0 Å². The first-order valence-corrected chi connectivity index (χ1v) is 9.89. The van der Waals surface area contributed by atoms with Crippen LogP contribution in [0.4, 0.5) is 18.0 Å².